The lowest BCUT2D eigenvalue weighted by atomic mass is 9.93. The van der Waals surface area contributed by atoms with Gasteiger partial charge >= 0.3 is 0 Å². The molecule has 1 N–H and O–H groups in total. The van der Waals surface area contributed by atoms with Crippen LogP contribution in [0.2, 0.25) is 0 Å². The topological polar surface area (TPSA) is 30.5 Å². The summed E-state index contributed by atoms with van der Waals surface area (Å²) in [6.07, 6.45) is 6.46. The number of nitrogens with one attached hydrogen (secondary N) is 1. The lowest BCUT2D eigenvalue weighted by Gasteiger charge is -2.37. The van der Waals surface area contributed by atoms with Crippen molar-refractivity contribution in [1.82, 2.24) is 5.32 Å². The van der Waals surface area contributed by atoms with Crippen molar-refractivity contribution >= 4 is 0 Å². The molecule has 0 aromatic carbocycles. The van der Waals surface area contributed by atoms with Crippen molar-refractivity contribution in [2.75, 3.05) is 20.7 Å². The molecule has 0 saturated heterocycles. The average molecular weight is 229 g/mol. The first-order chi connectivity index (χ1) is 7.63. The molecule has 0 bridgehead atoms. The maximum atomic E-state index is 6.26. The largest absolute Gasteiger partial charge is 0.381 e. The Bertz CT molecular complexity index is 198. The molecule has 1 aliphatic rings. The molecule has 0 aromatic heterocycles. The molecule has 0 heterocycles. The molecule has 0 radical (unpaired) electrons. The normalized spacial score (nSPS) is 30.0. The van der Waals surface area contributed by atoms with Crippen molar-refractivity contribution in [3.63, 3.8) is 0 Å². The molecule has 3 atom stereocenters. The van der Waals surface area contributed by atoms with Crippen molar-refractivity contribution in [3.8, 4) is 0 Å². The number of rotatable bonds is 6. The van der Waals surface area contributed by atoms with Gasteiger partial charge in [0.2, 0.25) is 0 Å². The van der Waals surface area contributed by atoms with Crippen LogP contribution in [0.4, 0.5) is 0 Å². The Kier molecular flexibility index (Phi) is 5.73. The van der Waals surface area contributed by atoms with E-state index >= 15 is 0 Å². The van der Waals surface area contributed by atoms with Crippen molar-refractivity contribution in [2.24, 2.45) is 0 Å². The predicted octanol–water partition coefficient (Wildman–Crippen LogP) is 2.35. The Labute approximate surface area is 99.9 Å². The maximum Gasteiger partial charge on any atom is 0.0779 e. The number of hydrogen-bond donors (Lipinski definition) is 1. The molecular formula is C13H27NO2. The molecule has 1 saturated carbocycles. The Morgan fingerprint density at radius 1 is 1.31 bits per heavy atom. The first-order valence-corrected chi connectivity index (χ1v) is 6.48. The van der Waals surface area contributed by atoms with Gasteiger partial charge < -0.3 is 14.8 Å². The Morgan fingerprint density at radius 3 is 2.56 bits per heavy atom. The number of likely N-dealkylation sites (N-methyl/N-ethyl adjacent to an activating group) is 1. The molecular weight excluding hydrogens is 202 g/mol. The van der Waals surface area contributed by atoms with Crippen LogP contribution in [0.3, 0.4) is 0 Å². The minimum Gasteiger partial charge on any atom is -0.381 e. The molecule has 0 aliphatic heterocycles. The zero-order valence-electron chi connectivity index (χ0n) is 11.2. The molecule has 0 aromatic rings. The van der Waals surface area contributed by atoms with Gasteiger partial charge in [0.05, 0.1) is 17.8 Å². The van der Waals surface area contributed by atoms with E-state index in [1.165, 1.54) is 19.3 Å². The zero-order chi connectivity index (χ0) is 12.0. The summed E-state index contributed by atoms with van der Waals surface area (Å²) in [5.74, 6) is 0. The SMILES string of the molecule is CCC(C)(CNC)OC1CCCC(OC)C1. The summed E-state index contributed by atoms with van der Waals surface area (Å²) in [6.45, 7) is 5.30. The predicted molar refractivity (Wildman–Crippen MR) is 66.8 cm³/mol. The molecule has 3 unspecified atom stereocenters. The molecule has 16 heavy (non-hydrogen) atoms. The van der Waals surface area contributed by atoms with Gasteiger partial charge in [-0.3, -0.25) is 0 Å². The van der Waals surface area contributed by atoms with E-state index in [1.54, 1.807) is 7.11 Å². The standard InChI is InChI=1S/C13H27NO2/c1-5-13(2,10-14-3)16-12-8-6-7-11(9-12)15-4/h11-12,14H,5-10H2,1-4H3. The smallest absolute Gasteiger partial charge is 0.0779 e. The minimum atomic E-state index is -0.0327. The van der Waals surface area contributed by atoms with E-state index < -0.39 is 0 Å². The highest BCUT2D eigenvalue weighted by Crippen LogP contribution is 2.27. The van der Waals surface area contributed by atoms with Crippen LogP contribution in [0.15, 0.2) is 0 Å². The van der Waals surface area contributed by atoms with Crippen molar-refractivity contribution < 1.29 is 9.47 Å². The summed E-state index contributed by atoms with van der Waals surface area (Å²) in [7, 11) is 3.79. The van der Waals surface area contributed by atoms with Gasteiger partial charge in [-0.2, -0.15) is 0 Å². The number of methoxy groups -OCH3 is 1. The number of ether oxygens (including phenoxy) is 2. The maximum absolute atomic E-state index is 6.26. The van der Waals surface area contributed by atoms with Crippen molar-refractivity contribution in [1.29, 1.82) is 0 Å². The molecule has 1 aliphatic carbocycles. The van der Waals surface area contributed by atoms with Crippen LogP contribution in [0.1, 0.15) is 46.0 Å². The lowest BCUT2D eigenvalue weighted by Crippen LogP contribution is -2.43. The average Bonchev–Trinajstić information content (AvgIpc) is 2.29. The van der Waals surface area contributed by atoms with Gasteiger partial charge in [0, 0.05) is 13.7 Å². The fourth-order valence-electron chi connectivity index (χ4n) is 2.45. The van der Waals surface area contributed by atoms with Gasteiger partial charge in [0.1, 0.15) is 0 Å². The molecule has 96 valence electrons. The van der Waals surface area contributed by atoms with Crippen molar-refractivity contribution in [2.45, 2.75) is 63.8 Å². The molecule has 1 fully saturated rings. The van der Waals surface area contributed by atoms with E-state index in [0.29, 0.717) is 12.2 Å². The highest BCUT2D eigenvalue weighted by atomic mass is 16.5. The second-order valence-corrected chi connectivity index (χ2v) is 5.10. The van der Waals surface area contributed by atoms with Crippen LogP contribution in [-0.4, -0.2) is 38.5 Å². The van der Waals surface area contributed by atoms with Gasteiger partial charge in [0.25, 0.3) is 0 Å². The van der Waals surface area contributed by atoms with E-state index in [2.05, 4.69) is 19.2 Å². The van der Waals surface area contributed by atoms with Gasteiger partial charge in [0.15, 0.2) is 0 Å². The first-order valence-electron chi connectivity index (χ1n) is 6.48. The monoisotopic (exact) mass is 229 g/mol. The molecule has 0 amide bonds. The summed E-state index contributed by atoms with van der Waals surface area (Å²) >= 11 is 0. The number of hydrogen-bond acceptors (Lipinski definition) is 3. The fourth-order valence-corrected chi connectivity index (χ4v) is 2.45. The quantitative estimate of drug-likeness (QED) is 0.758. The van der Waals surface area contributed by atoms with E-state index in [-0.39, 0.29) is 5.60 Å². The van der Waals surface area contributed by atoms with Crippen LogP contribution in [0, 0.1) is 0 Å². The van der Waals surface area contributed by atoms with E-state index in [1.807, 2.05) is 7.05 Å². The van der Waals surface area contributed by atoms with Crippen LogP contribution >= 0.6 is 0 Å². The second kappa shape index (κ2) is 6.58. The highest BCUT2D eigenvalue weighted by molar-refractivity contribution is 4.81. The summed E-state index contributed by atoms with van der Waals surface area (Å²) < 4.78 is 11.7. The first kappa shape index (κ1) is 13.9. The highest BCUT2D eigenvalue weighted by Gasteiger charge is 2.30. The van der Waals surface area contributed by atoms with E-state index in [9.17, 15) is 0 Å². The third-order valence-corrected chi connectivity index (χ3v) is 3.66. The fraction of sp³-hybridized carbons (Fsp3) is 1.00. The summed E-state index contributed by atoms with van der Waals surface area (Å²) in [5.41, 5.74) is -0.0327. The third kappa shape index (κ3) is 4.04. The van der Waals surface area contributed by atoms with E-state index in [0.717, 1.165) is 19.4 Å². The summed E-state index contributed by atoms with van der Waals surface area (Å²) in [4.78, 5) is 0. The molecule has 3 heteroatoms. The third-order valence-electron chi connectivity index (χ3n) is 3.66. The van der Waals surface area contributed by atoms with Crippen molar-refractivity contribution in [3.05, 3.63) is 0 Å². The van der Waals surface area contributed by atoms with Crippen LogP contribution in [0.5, 0.6) is 0 Å². The van der Waals surface area contributed by atoms with Gasteiger partial charge in [-0.1, -0.05) is 6.92 Å². The van der Waals surface area contributed by atoms with Gasteiger partial charge in [-0.05, 0) is 46.1 Å². The van der Waals surface area contributed by atoms with Crippen LogP contribution < -0.4 is 5.32 Å². The van der Waals surface area contributed by atoms with Gasteiger partial charge in [-0.15, -0.1) is 0 Å². The zero-order valence-corrected chi connectivity index (χ0v) is 11.2. The Hall–Kier alpha value is -0.120. The Balaban J connectivity index is 2.44. The lowest BCUT2D eigenvalue weighted by molar-refractivity contribution is -0.114. The summed E-state index contributed by atoms with van der Waals surface area (Å²) in [5, 5.41) is 3.22. The van der Waals surface area contributed by atoms with Crippen LogP contribution in [-0.2, 0) is 9.47 Å². The van der Waals surface area contributed by atoms with E-state index in [4.69, 9.17) is 9.47 Å². The molecule has 3 nitrogen and oxygen atoms in total. The van der Waals surface area contributed by atoms with Gasteiger partial charge in [-0.25, -0.2) is 0 Å². The summed E-state index contributed by atoms with van der Waals surface area (Å²) in [6, 6.07) is 0. The molecule has 0 spiro atoms. The second-order valence-electron chi connectivity index (χ2n) is 5.10. The van der Waals surface area contributed by atoms with Crippen LogP contribution in [0.25, 0.3) is 0 Å². The minimum absolute atomic E-state index is 0.0327. The Morgan fingerprint density at radius 2 is 2.00 bits per heavy atom. The molecule has 1 rings (SSSR count).